The fourth-order valence-corrected chi connectivity index (χ4v) is 2.56. The van der Waals surface area contributed by atoms with Crippen LogP contribution in [-0.2, 0) is 4.74 Å². The molecule has 0 saturated carbocycles. The smallest absolute Gasteiger partial charge is 0.356 e. The summed E-state index contributed by atoms with van der Waals surface area (Å²) in [6.07, 6.45) is 5.71. The molecule has 0 aliphatic carbocycles. The van der Waals surface area contributed by atoms with Crippen molar-refractivity contribution < 1.29 is 14.6 Å². The average Bonchev–Trinajstić information content (AvgIpc) is 3.13. The van der Waals surface area contributed by atoms with E-state index in [0.29, 0.717) is 12.1 Å². The number of rotatable bonds is 5. The number of hydrogen-bond acceptors (Lipinski definition) is 5. The minimum absolute atomic E-state index is 0.0532. The molecule has 3 rings (SSSR count). The average molecular weight is 288 g/mol. The predicted molar refractivity (Wildman–Crippen MR) is 76.7 cm³/mol. The first-order valence-corrected chi connectivity index (χ1v) is 6.74. The summed E-state index contributed by atoms with van der Waals surface area (Å²) in [7, 11) is 0. The van der Waals surface area contributed by atoms with E-state index in [2.05, 4.69) is 21.6 Å². The van der Waals surface area contributed by atoms with Crippen molar-refractivity contribution in [3.8, 4) is 0 Å². The summed E-state index contributed by atoms with van der Waals surface area (Å²) in [4.78, 5) is 17.6. The number of carboxylic acids is 1. The largest absolute Gasteiger partial charge is 0.476 e. The van der Waals surface area contributed by atoms with Crippen LogP contribution in [0.2, 0.25) is 0 Å². The van der Waals surface area contributed by atoms with Crippen molar-refractivity contribution in [2.24, 2.45) is 0 Å². The van der Waals surface area contributed by atoms with E-state index >= 15 is 0 Å². The highest BCUT2D eigenvalue weighted by atomic mass is 16.5. The SMILES string of the molecule is C=CCOC1CCN(c2ncc(C(=O)O)n3nccc23)C1. The van der Waals surface area contributed by atoms with E-state index in [0.717, 1.165) is 25.3 Å². The molecule has 0 bridgehead atoms. The molecule has 3 heterocycles. The van der Waals surface area contributed by atoms with Gasteiger partial charge < -0.3 is 14.7 Å². The van der Waals surface area contributed by atoms with Gasteiger partial charge in [0.1, 0.15) is 5.52 Å². The number of fused-ring (bicyclic) bond motifs is 1. The number of hydrogen-bond donors (Lipinski definition) is 1. The van der Waals surface area contributed by atoms with Gasteiger partial charge in [0.25, 0.3) is 0 Å². The maximum atomic E-state index is 11.2. The standard InChI is InChI=1S/C14H16N4O3/c1-2-7-21-10-4-6-17(9-10)13-11-3-5-16-18(11)12(8-15-13)14(19)20/h2-3,5,8,10H,1,4,6-7,9H2,(H,19,20). The van der Waals surface area contributed by atoms with Crippen LogP contribution >= 0.6 is 0 Å². The maximum absolute atomic E-state index is 11.2. The first-order chi connectivity index (χ1) is 10.2. The zero-order valence-electron chi connectivity index (χ0n) is 11.5. The van der Waals surface area contributed by atoms with Gasteiger partial charge in [0.05, 0.1) is 25.1 Å². The Hall–Kier alpha value is -2.41. The molecule has 0 radical (unpaired) electrons. The monoisotopic (exact) mass is 288 g/mol. The van der Waals surface area contributed by atoms with Crippen LogP contribution in [0.4, 0.5) is 5.82 Å². The van der Waals surface area contributed by atoms with Gasteiger partial charge in [0, 0.05) is 13.1 Å². The molecular weight excluding hydrogens is 272 g/mol. The zero-order chi connectivity index (χ0) is 14.8. The second-order valence-electron chi connectivity index (χ2n) is 4.88. The van der Waals surface area contributed by atoms with Crippen LogP contribution in [0.1, 0.15) is 16.9 Å². The number of anilines is 1. The fourth-order valence-electron chi connectivity index (χ4n) is 2.56. The molecule has 0 spiro atoms. The van der Waals surface area contributed by atoms with Crippen LogP contribution in [0.3, 0.4) is 0 Å². The minimum atomic E-state index is -1.05. The van der Waals surface area contributed by atoms with Crippen molar-refractivity contribution in [1.82, 2.24) is 14.6 Å². The quantitative estimate of drug-likeness (QED) is 0.833. The number of aromatic carboxylic acids is 1. The summed E-state index contributed by atoms with van der Waals surface area (Å²) >= 11 is 0. The Morgan fingerprint density at radius 1 is 1.62 bits per heavy atom. The first kappa shape index (κ1) is 13.6. The topological polar surface area (TPSA) is 80.0 Å². The molecule has 7 nitrogen and oxygen atoms in total. The van der Waals surface area contributed by atoms with Crippen LogP contribution in [0, 0.1) is 0 Å². The Balaban J connectivity index is 1.88. The van der Waals surface area contributed by atoms with E-state index in [4.69, 9.17) is 9.84 Å². The highest BCUT2D eigenvalue weighted by molar-refractivity contribution is 5.87. The van der Waals surface area contributed by atoms with Gasteiger partial charge in [-0.05, 0) is 12.5 Å². The molecule has 1 aliphatic rings. The summed E-state index contributed by atoms with van der Waals surface area (Å²) in [5, 5.41) is 13.2. The fraction of sp³-hybridized carbons (Fsp3) is 0.357. The number of aromatic nitrogens is 3. The molecule has 1 atom stereocenters. The molecule has 0 amide bonds. The summed E-state index contributed by atoms with van der Waals surface area (Å²) in [6, 6.07) is 1.77. The third-order valence-electron chi connectivity index (χ3n) is 3.52. The minimum Gasteiger partial charge on any atom is -0.476 e. The summed E-state index contributed by atoms with van der Waals surface area (Å²) < 4.78 is 7.06. The van der Waals surface area contributed by atoms with Gasteiger partial charge in [0.2, 0.25) is 0 Å². The van der Waals surface area contributed by atoms with Crippen LogP contribution in [0.15, 0.2) is 31.1 Å². The summed E-state index contributed by atoms with van der Waals surface area (Å²) in [6.45, 7) is 5.73. The molecule has 7 heteroatoms. The van der Waals surface area contributed by atoms with Crippen LogP contribution in [-0.4, -0.2) is 51.5 Å². The molecule has 0 aromatic carbocycles. The van der Waals surface area contributed by atoms with Crippen molar-refractivity contribution in [2.45, 2.75) is 12.5 Å². The second-order valence-corrected chi connectivity index (χ2v) is 4.88. The number of nitrogens with zero attached hydrogens (tertiary/aromatic N) is 4. The van der Waals surface area contributed by atoms with E-state index in [1.165, 1.54) is 10.7 Å². The zero-order valence-corrected chi connectivity index (χ0v) is 11.5. The first-order valence-electron chi connectivity index (χ1n) is 6.74. The summed E-state index contributed by atoms with van der Waals surface area (Å²) in [5.74, 6) is -0.307. The lowest BCUT2D eigenvalue weighted by Gasteiger charge is -2.18. The number of ether oxygens (including phenoxy) is 1. The third kappa shape index (κ3) is 2.47. The van der Waals surface area contributed by atoms with Crippen molar-refractivity contribution in [1.29, 1.82) is 0 Å². The van der Waals surface area contributed by atoms with Crippen LogP contribution in [0.25, 0.3) is 5.52 Å². The van der Waals surface area contributed by atoms with Crippen molar-refractivity contribution in [2.75, 3.05) is 24.6 Å². The third-order valence-corrected chi connectivity index (χ3v) is 3.52. The van der Waals surface area contributed by atoms with Gasteiger partial charge in [-0.2, -0.15) is 5.10 Å². The van der Waals surface area contributed by atoms with Gasteiger partial charge in [-0.3, -0.25) is 0 Å². The molecule has 21 heavy (non-hydrogen) atoms. The lowest BCUT2D eigenvalue weighted by Crippen LogP contribution is -2.25. The molecule has 1 fully saturated rings. The molecule has 1 N–H and O–H groups in total. The highest BCUT2D eigenvalue weighted by Gasteiger charge is 2.26. The van der Waals surface area contributed by atoms with Crippen molar-refractivity contribution in [3.63, 3.8) is 0 Å². The lowest BCUT2D eigenvalue weighted by atomic mass is 10.3. The van der Waals surface area contributed by atoms with Gasteiger partial charge >= 0.3 is 5.97 Å². The molecule has 2 aromatic heterocycles. The van der Waals surface area contributed by atoms with E-state index in [1.807, 2.05) is 0 Å². The van der Waals surface area contributed by atoms with E-state index < -0.39 is 5.97 Å². The number of carbonyl (C=O) groups is 1. The van der Waals surface area contributed by atoms with E-state index in [1.54, 1.807) is 18.3 Å². The molecule has 1 saturated heterocycles. The molecule has 110 valence electrons. The van der Waals surface area contributed by atoms with Gasteiger partial charge in [-0.1, -0.05) is 6.08 Å². The Bertz CT molecular complexity index is 682. The van der Waals surface area contributed by atoms with Crippen molar-refractivity contribution >= 4 is 17.3 Å². The molecular formula is C14H16N4O3. The Morgan fingerprint density at radius 2 is 2.48 bits per heavy atom. The Morgan fingerprint density at radius 3 is 3.24 bits per heavy atom. The lowest BCUT2D eigenvalue weighted by molar-refractivity contribution is 0.0687. The molecule has 1 aliphatic heterocycles. The van der Waals surface area contributed by atoms with Crippen LogP contribution in [0.5, 0.6) is 0 Å². The van der Waals surface area contributed by atoms with Crippen molar-refractivity contribution in [3.05, 3.63) is 36.8 Å². The summed E-state index contributed by atoms with van der Waals surface area (Å²) in [5.41, 5.74) is 0.747. The Kier molecular flexibility index (Phi) is 3.57. The van der Waals surface area contributed by atoms with E-state index in [9.17, 15) is 4.79 Å². The normalized spacial score (nSPS) is 18.3. The van der Waals surface area contributed by atoms with E-state index in [-0.39, 0.29) is 11.8 Å². The second kappa shape index (κ2) is 5.53. The molecule has 1 unspecified atom stereocenters. The van der Waals surface area contributed by atoms with Gasteiger partial charge in [-0.25, -0.2) is 14.3 Å². The molecule has 2 aromatic rings. The highest BCUT2D eigenvalue weighted by Crippen LogP contribution is 2.25. The van der Waals surface area contributed by atoms with Gasteiger partial charge in [0.15, 0.2) is 11.5 Å². The predicted octanol–water partition coefficient (Wildman–Crippen LogP) is 1.21. The Labute approximate surface area is 121 Å². The van der Waals surface area contributed by atoms with Crippen LogP contribution < -0.4 is 4.90 Å². The number of carboxylic acid groups (broad SMARTS) is 1. The maximum Gasteiger partial charge on any atom is 0.356 e. The van der Waals surface area contributed by atoms with Gasteiger partial charge in [-0.15, -0.1) is 6.58 Å².